The molecule has 0 aliphatic rings. The van der Waals surface area contributed by atoms with Crippen molar-refractivity contribution in [2.45, 2.75) is 32.2 Å². The maximum Gasteiger partial charge on any atom is 0.0406 e. The third-order valence-electron chi connectivity index (χ3n) is 3.34. The molecule has 0 aliphatic heterocycles. The first-order valence-corrected chi connectivity index (χ1v) is 7.13. The number of rotatable bonds is 5. The van der Waals surface area contributed by atoms with Gasteiger partial charge in [0.25, 0.3) is 0 Å². The predicted molar refractivity (Wildman–Crippen MR) is 82.7 cm³/mol. The number of nitrogens with two attached hydrogens (primary N) is 1. The van der Waals surface area contributed by atoms with Gasteiger partial charge in [-0.25, -0.2) is 0 Å². The van der Waals surface area contributed by atoms with Gasteiger partial charge >= 0.3 is 0 Å². The van der Waals surface area contributed by atoms with Crippen LogP contribution in [0.4, 0.5) is 0 Å². The molecule has 2 heteroatoms. The van der Waals surface area contributed by atoms with E-state index >= 15 is 0 Å². The van der Waals surface area contributed by atoms with Gasteiger partial charge in [0.15, 0.2) is 0 Å². The second-order valence-electron chi connectivity index (χ2n) is 4.96. The Morgan fingerprint density at radius 1 is 0.842 bits per heavy atom. The van der Waals surface area contributed by atoms with Crippen molar-refractivity contribution in [2.75, 3.05) is 0 Å². The lowest BCUT2D eigenvalue weighted by Gasteiger charge is -2.12. The zero-order chi connectivity index (χ0) is 13.7. The molecule has 100 valence electrons. The van der Waals surface area contributed by atoms with Crippen molar-refractivity contribution < 1.29 is 0 Å². The van der Waals surface area contributed by atoms with E-state index in [1.807, 2.05) is 24.3 Å². The fraction of sp³-hybridized carbons (Fsp3) is 0.294. The zero-order valence-corrected chi connectivity index (χ0v) is 12.0. The SMILES string of the molecule is CCc1ccc(CC(N)Cc2ccc(Cl)cc2)cc1. The van der Waals surface area contributed by atoms with Crippen molar-refractivity contribution in [3.8, 4) is 0 Å². The van der Waals surface area contributed by atoms with Gasteiger partial charge in [0, 0.05) is 11.1 Å². The van der Waals surface area contributed by atoms with Crippen molar-refractivity contribution in [1.29, 1.82) is 0 Å². The lowest BCUT2D eigenvalue weighted by molar-refractivity contribution is 0.664. The Morgan fingerprint density at radius 3 is 1.74 bits per heavy atom. The van der Waals surface area contributed by atoms with E-state index in [-0.39, 0.29) is 6.04 Å². The molecule has 0 saturated heterocycles. The van der Waals surface area contributed by atoms with E-state index in [4.69, 9.17) is 17.3 Å². The second kappa shape index (κ2) is 6.74. The minimum Gasteiger partial charge on any atom is -0.327 e. The third kappa shape index (κ3) is 4.38. The molecule has 1 atom stereocenters. The van der Waals surface area contributed by atoms with Crippen molar-refractivity contribution in [3.05, 3.63) is 70.2 Å². The van der Waals surface area contributed by atoms with Crippen LogP contribution in [0.15, 0.2) is 48.5 Å². The van der Waals surface area contributed by atoms with Crippen molar-refractivity contribution >= 4 is 11.6 Å². The van der Waals surface area contributed by atoms with Crippen LogP contribution >= 0.6 is 11.6 Å². The maximum atomic E-state index is 6.21. The Hall–Kier alpha value is -1.31. The highest BCUT2D eigenvalue weighted by atomic mass is 35.5. The minimum atomic E-state index is 0.147. The van der Waals surface area contributed by atoms with Gasteiger partial charge in [-0.3, -0.25) is 0 Å². The summed E-state index contributed by atoms with van der Waals surface area (Å²) in [7, 11) is 0. The Labute approximate surface area is 120 Å². The molecular weight excluding hydrogens is 254 g/mol. The third-order valence-corrected chi connectivity index (χ3v) is 3.59. The summed E-state index contributed by atoms with van der Waals surface area (Å²) in [5.74, 6) is 0. The average Bonchev–Trinajstić information content (AvgIpc) is 2.42. The summed E-state index contributed by atoms with van der Waals surface area (Å²) in [5.41, 5.74) is 10.1. The van der Waals surface area contributed by atoms with E-state index in [0.29, 0.717) is 0 Å². The van der Waals surface area contributed by atoms with Crippen molar-refractivity contribution in [2.24, 2.45) is 5.73 Å². The Morgan fingerprint density at radius 2 is 1.26 bits per heavy atom. The maximum absolute atomic E-state index is 6.21. The molecule has 2 N–H and O–H groups in total. The van der Waals surface area contributed by atoms with Crippen LogP contribution in [0.1, 0.15) is 23.6 Å². The Kier molecular flexibility index (Phi) is 5.00. The average molecular weight is 274 g/mol. The molecule has 0 fully saturated rings. The van der Waals surface area contributed by atoms with Gasteiger partial charge in [0.2, 0.25) is 0 Å². The summed E-state index contributed by atoms with van der Waals surface area (Å²) >= 11 is 5.88. The largest absolute Gasteiger partial charge is 0.327 e. The molecule has 0 amide bonds. The van der Waals surface area contributed by atoms with Crippen LogP contribution in [0.5, 0.6) is 0 Å². The molecule has 0 aliphatic carbocycles. The number of hydrogen-bond acceptors (Lipinski definition) is 1. The highest BCUT2D eigenvalue weighted by molar-refractivity contribution is 6.30. The molecule has 0 aromatic heterocycles. The molecule has 0 heterocycles. The summed E-state index contributed by atoms with van der Waals surface area (Å²) in [6, 6.07) is 16.8. The van der Waals surface area contributed by atoms with Crippen LogP contribution < -0.4 is 5.73 Å². The quantitative estimate of drug-likeness (QED) is 0.875. The number of aryl methyl sites for hydroxylation is 1. The van der Waals surface area contributed by atoms with Gasteiger partial charge in [0.1, 0.15) is 0 Å². The first-order valence-electron chi connectivity index (χ1n) is 6.75. The first-order chi connectivity index (χ1) is 9.17. The van der Waals surface area contributed by atoms with Crippen LogP contribution in [0, 0.1) is 0 Å². The molecule has 0 spiro atoms. The highest BCUT2D eigenvalue weighted by Gasteiger charge is 2.05. The lowest BCUT2D eigenvalue weighted by Crippen LogP contribution is -2.25. The van der Waals surface area contributed by atoms with Gasteiger partial charge in [-0.15, -0.1) is 0 Å². The summed E-state index contributed by atoms with van der Waals surface area (Å²) in [6.07, 6.45) is 2.87. The molecule has 0 bridgehead atoms. The van der Waals surface area contributed by atoms with E-state index in [1.54, 1.807) is 0 Å². The normalized spacial score (nSPS) is 12.4. The molecular formula is C17H20ClN. The van der Waals surface area contributed by atoms with Gasteiger partial charge in [-0.1, -0.05) is 54.9 Å². The van der Waals surface area contributed by atoms with E-state index in [0.717, 1.165) is 24.3 Å². The molecule has 1 unspecified atom stereocenters. The topological polar surface area (TPSA) is 26.0 Å². The van der Waals surface area contributed by atoms with Crippen LogP contribution in [-0.4, -0.2) is 6.04 Å². The number of benzene rings is 2. The standard InChI is InChI=1S/C17H20ClN/c1-2-13-3-5-14(6-4-13)11-17(19)12-15-7-9-16(18)10-8-15/h3-10,17H,2,11-12,19H2,1H3. The highest BCUT2D eigenvalue weighted by Crippen LogP contribution is 2.13. The smallest absolute Gasteiger partial charge is 0.0406 e. The van der Waals surface area contributed by atoms with Crippen LogP contribution in [-0.2, 0) is 19.3 Å². The first kappa shape index (κ1) is 14.1. The lowest BCUT2D eigenvalue weighted by atomic mass is 9.99. The molecule has 1 nitrogen and oxygen atoms in total. The summed E-state index contributed by atoms with van der Waals surface area (Å²) < 4.78 is 0. The van der Waals surface area contributed by atoms with Gasteiger partial charge in [-0.2, -0.15) is 0 Å². The summed E-state index contributed by atoms with van der Waals surface area (Å²) in [4.78, 5) is 0. The van der Waals surface area contributed by atoms with E-state index < -0.39 is 0 Å². The fourth-order valence-corrected chi connectivity index (χ4v) is 2.34. The molecule has 2 aromatic rings. The van der Waals surface area contributed by atoms with Gasteiger partial charge < -0.3 is 5.73 Å². The Balaban J connectivity index is 1.92. The predicted octanol–water partition coefficient (Wildman–Crippen LogP) is 4.01. The van der Waals surface area contributed by atoms with Crippen LogP contribution in [0.25, 0.3) is 0 Å². The minimum absolute atomic E-state index is 0.147. The van der Waals surface area contributed by atoms with Crippen molar-refractivity contribution in [3.63, 3.8) is 0 Å². The van der Waals surface area contributed by atoms with Crippen molar-refractivity contribution in [1.82, 2.24) is 0 Å². The number of hydrogen-bond donors (Lipinski definition) is 1. The van der Waals surface area contributed by atoms with Crippen LogP contribution in [0.3, 0.4) is 0 Å². The number of halogens is 1. The molecule has 0 saturated carbocycles. The fourth-order valence-electron chi connectivity index (χ4n) is 2.21. The monoisotopic (exact) mass is 273 g/mol. The molecule has 19 heavy (non-hydrogen) atoms. The second-order valence-corrected chi connectivity index (χ2v) is 5.40. The summed E-state index contributed by atoms with van der Waals surface area (Å²) in [5, 5.41) is 0.771. The molecule has 0 radical (unpaired) electrons. The van der Waals surface area contributed by atoms with Crippen LogP contribution in [0.2, 0.25) is 5.02 Å². The molecule has 2 rings (SSSR count). The van der Waals surface area contributed by atoms with E-state index in [9.17, 15) is 0 Å². The zero-order valence-electron chi connectivity index (χ0n) is 11.3. The molecule has 2 aromatic carbocycles. The van der Waals surface area contributed by atoms with Gasteiger partial charge in [0.05, 0.1) is 0 Å². The Bertz CT molecular complexity index is 502. The summed E-state index contributed by atoms with van der Waals surface area (Å²) in [6.45, 7) is 2.17. The van der Waals surface area contributed by atoms with E-state index in [2.05, 4.69) is 31.2 Å². The van der Waals surface area contributed by atoms with Gasteiger partial charge in [-0.05, 0) is 48.1 Å². The van der Waals surface area contributed by atoms with E-state index in [1.165, 1.54) is 16.7 Å².